The minimum absolute atomic E-state index is 0.427. The van der Waals surface area contributed by atoms with Crippen LogP contribution in [0.4, 0.5) is 0 Å². The highest BCUT2D eigenvalue weighted by molar-refractivity contribution is 6.31. The molecule has 1 unspecified atom stereocenters. The van der Waals surface area contributed by atoms with Gasteiger partial charge in [0.25, 0.3) is 0 Å². The molecule has 4 nitrogen and oxygen atoms in total. The standard InChI is InChI=1S/C23H29ClN2O2/c1-2-27-22-9-5-7-18(14-25-21-15-26-12-10-17(21)11-13-26)23(22)28-16-19-6-3-4-8-20(19)24/h3-9,17,21,25H,2,10-16H2,1H3. The van der Waals surface area contributed by atoms with Crippen LogP contribution >= 0.6 is 11.6 Å². The molecule has 2 bridgehead atoms. The molecule has 0 saturated carbocycles. The van der Waals surface area contributed by atoms with Crippen LogP contribution < -0.4 is 14.8 Å². The van der Waals surface area contributed by atoms with E-state index in [0.717, 1.165) is 46.7 Å². The minimum atomic E-state index is 0.427. The lowest BCUT2D eigenvalue weighted by Crippen LogP contribution is -2.55. The van der Waals surface area contributed by atoms with Gasteiger partial charge >= 0.3 is 0 Å². The van der Waals surface area contributed by atoms with Crippen molar-refractivity contribution in [2.24, 2.45) is 5.92 Å². The van der Waals surface area contributed by atoms with Crippen LogP contribution in [0.25, 0.3) is 0 Å². The summed E-state index contributed by atoms with van der Waals surface area (Å²) in [6.45, 7) is 7.49. The van der Waals surface area contributed by atoms with E-state index >= 15 is 0 Å². The first-order valence-corrected chi connectivity index (χ1v) is 10.7. The quantitative estimate of drug-likeness (QED) is 0.707. The number of benzene rings is 2. The Hall–Kier alpha value is -1.75. The van der Waals surface area contributed by atoms with Crippen LogP contribution in [0.2, 0.25) is 5.02 Å². The average molecular weight is 401 g/mol. The number of nitrogens with zero attached hydrogens (tertiary/aromatic N) is 1. The summed E-state index contributed by atoms with van der Waals surface area (Å²) < 4.78 is 12.1. The van der Waals surface area contributed by atoms with Gasteiger partial charge in [-0.2, -0.15) is 0 Å². The Kier molecular flexibility index (Phi) is 6.40. The first kappa shape index (κ1) is 19.6. The van der Waals surface area contributed by atoms with Crippen molar-refractivity contribution in [2.45, 2.75) is 39.0 Å². The van der Waals surface area contributed by atoms with E-state index in [1.54, 1.807) is 0 Å². The fourth-order valence-corrected chi connectivity index (χ4v) is 4.53. The van der Waals surface area contributed by atoms with Crippen molar-refractivity contribution < 1.29 is 9.47 Å². The van der Waals surface area contributed by atoms with E-state index in [4.69, 9.17) is 21.1 Å². The van der Waals surface area contributed by atoms with Gasteiger partial charge in [-0.1, -0.05) is 41.9 Å². The highest BCUT2D eigenvalue weighted by Gasteiger charge is 2.33. The number of rotatable bonds is 8. The molecule has 0 spiro atoms. The third-order valence-electron chi connectivity index (χ3n) is 5.90. The van der Waals surface area contributed by atoms with Crippen LogP contribution in [0.5, 0.6) is 11.5 Å². The molecule has 0 amide bonds. The zero-order chi connectivity index (χ0) is 19.3. The third kappa shape index (κ3) is 4.45. The van der Waals surface area contributed by atoms with Gasteiger partial charge in [-0.15, -0.1) is 0 Å². The molecule has 5 heteroatoms. The van der Waals surface area contributed by atoms with E-state index in [2.05, 4.69) is 16.3 Å². The lowest BCUT2D eigenvalue weighted by molar-refractivity contribution is 0.0718. The average Bonchev–Trinajstić information content (AvgIpc) is 2.73. The lowest BCUT2D eigenvalue weighted by atomic mass is 9.84. The maximum absolute atomic E-state index is 6.30. The number of nitrogens with one attached hydrogen (secondary N) is 1. The lowest BCUT2D eigenvalue weighted by Gasteiger charge is -2.45. The summed E-state index contributed by atoms with van der Waals surface area (Å²) in [7, 11) is 0. The van der Waals surface area contributed by atoms with Crippen LogP contribution in [0, 0.1) is 5.92 Å². The summed E-state index contributed by atoms with van der Waals surface area (Å²) in [6.07, 6.45) is 2.62. The molecule has 3 saturated heterocycles. The van der Waals surface area contributed by atoms with E-state index in [1.165, 1.54) is 25.9 Å². The summed E-state index contributed by atoms with van der Waals surface area (Å²) in [5.41, 5.74) is 2.11. The fourth-order valence-electron chi connectivity index (χ4n) is 4.34. The van der Waals surface area contributed by atoms with Gasteiger partial charge in [-0.25, -0.2) is 0 Å². The second-order valence-corrected chi connectivity index (χ2v) is 8.09. The summed E-state index contributed by atoms with van der Waals surface area (Å²) in [4.78, 5) is 2.57. The molecule has 3 fully saturated rings. The van der Waals surface area contributed by atoms with Crippen LogP contribution in [0.3, 0.4) is 0 Å². The summed E-state index contributed by atoms with van der Waals surface area (Å²) in [5, 5.41) is 4.51. The third-order valence-corrected chi connectivity index (χ3v) is 6.27. The Morgan fingerprint density at radius 1 is 1.04 bits per heavy atom. The van der Waals surface area contributed by atoms with Gasteiger partial charge in [0.1, 0.15) is 6.61 Å². The van der Waals surface area contributed by atoms with E-state index in [1.807, 2.05) is 43.3 Å². The largest absolute Gasteiger partial charge is 0.490 e. The monoisotopic (exact) mass is 400 g/mol. The van der Waals surface area contributed by atoms with Crippen molar-refractivity contribution in [1.29, 1.82) is 0 Å². The first-order valence-electron chi connectivity index (χ1n) is 10.3. The van der Waals surface area contributed by atoms with Gasteiger partial charge in [0.05, 0.1) is 6.61 Å². The Bertz CT molecular complexity index is 790. The van der Waals surface area contributed by atoms with Gasteiger partial charge in [0, 0.05) is 35.3 Å². The Balaban J connectivity index is 1.48. The highest BCUT2D eigenvalue weighted by atomic mass is 35.5. The smallest absolute Gasteiger partial charge is 0.166 e. The van der Waals surface area contributed by atoms with Crippen molar-refractivity contribution in [1.82, 2.24) is 10.2 Å². The van der Waals surface area contributed by atoms with E-state index in [-0.39, 0.29) is 0 Å². The zero-order valence-electron chi connectivity index (χ0n) is 16.5. The van der Waals surface area contributed by atoms with Crippen molar-refractivity contribution >= 4 is 11.6 Å². The second kappa shape index (κ2) is 9.17. The number of hydrogen-bond acceptors (Lipinski definition) is 4. The van der Waals surface area contributed by atoms with Gasteiger partial charge in [0.2, 0.25) is 0 Å². The summed E-state index contributed by atoms with van der Waals surface area (Å²) in [5.74, 6) is 2.41. The van der Waals surface area contributed by atoms with Crippen LogP contribution in [-0.2, 0) is 13.2 Å². The Morgan fingerprint density at radius 2 is 1.82 bits per heavy atom. The summed E-state index contributed by atoms with van der Waals surface area (Å²) in [6, 6.07) is 14.5. The highest BCUT2D eigenvalue weighted by Crippen LogP contribution is 2.34. The molecule has 150 valence electrons. The van der Waals surface area contributed by atoms with Crippen LogP contribution in [-0.4, -0.2) is 37.2 Å². The normalized spacial score (nSPS) is 23.6. The Labute approximate surface area is 172 Å². The molecule has 1 atom stereocenters. The number of piperidine rings is 3. The minimum Gasteiger partial charge on any atom is -0.490 e. The second-order valence-electron chi connectivity index (χ2n) is 7.68. The molecule has 3 aliphatic rings. The molecule has 0 radical (unpaired) electrons. The molecule has 28 heavy (non-hydrogen) atoms. The van der Waals surface area contributed by atoms with Crippen molar-refractivity contribution in [3.8, 4) is 11.5 Å². The van der Waals surface area contributed by atoms with Crippen molar-refractivity contribution in [2.75, 3.05) is 26.2 Å². The predicted octanol–water partition coefficient (Wildman–Crippen LogP) is 4.50. The van der Waals surface area contributed by atoms with E-state index in [0.29, 0.717) is 19.3 Å². The molecule has 1 N–H and O–H groups in total. The number of ether oxygens (including phenoxy) is 2. The Morgan fingerprint density at radius 3 is 2.54 bits per heavy atom. The summed E-state index contributed by atoms with van der Waals surface area (Å²) >= 11 is 6.30. The van der Waals surface area contributed by atoms with E-state index in [9.17, 15) is 0 Å². The molecular formula is C23H29ClN2O2. The van der Waals surface area contributed by atoms with Crippen molar-refractivity contribution in [3.05, 3.63) is 58.6 Å². The molecule has 3 heterocycles. The molecule has 3 aliphatic heterocycles. The molecular weight excluding hydrogens is 372 g/mol. The fraction of sp³-hybridized carbons (Fsp3) is 0.478. The molecule has 2 aromatic rings. The predicted molar refractivity (Wildman–Crippen MR) is 113 cm³/mol. The number of hydrogen-bond donors (Lipinski definition) is 1. The first-order chi connectivity index (χ1) is 13.7. The van der Waals surface area contributed by atoms with E-state index < -0.39 is 0 Å². The number of fused-ring (bicyclic) bond motifs is 3. The van der Waals surface area contributed by atoms with Gasteiger partial charge < -0.3 is 19.7 Å². The zero-order valence-corrected chi connectivity index (χ0v) is 17.3. The molecule has 2 aromatic carbocycles. The van der Waals surface area contributed by atoms with Gasteiger partial charge in [-0.05, 0) is 50.9 Å². The van der Waals surface area contributed by atoms with Crippen molar-refractivity contribution in [3.63, 3.8) is 0 Å². The van der Waals surface area contributed by atoms with Gasteiger partial charge in [-0.3, -0.25) is 0 Å². The van der Waals surface area contributed by atoms with Gasteiger partial charge in [0.15, 0.2) is 11.5 Å². The van der Waals surface area contributed by atoms with Crippen LogP contribution in [0.1, 0.15) is 30.9 Å². The maximum atomic E-state index is 6.30. The number of para-hydroxylation sites is 1. The molecule has 5 rings (SSSR count). The SMILES string of the molecule is CCOc1cccc(CNC2CN3CCC2CC3)c1OCc1ccccc1Cl. The molecule has 0 aromatic heterocycles. The topological polar surface area (TPSA) is 33.7 Å². The number of halogens is 1. The molecule has 0 aliphatic carbocycles. The maximum Gasteiger partial charge on any atom is 0.166 e. The van der Waals surface area contributed by atoms with Crippen LogP contribution in [0.15, 0.2) is 42.5 Å².